The van der Waals surface area contributed by atoms with Gasteiger partial charge in [0.25, 0.3) is 5.97 Å². The molecule has 0 spiro atoms. The highest BCUT2D eigenvalue weighted by Crippen LogP contribution is 2.40. The van der Waals surface area contributed by atoms with Crippen molar-refractivity contribution in [3.05, 3.63) is 0 Å². The van der Waals surface area contributed by atoms with E-state index in [1.165, 1.54) is 57.8 Å². The Balaban J connectivity index is 2.83. The smallest absolute Gasteiger partial charge is 0.285 e. The Morgan fingerprint density at radius 2 is 1.19 bits per heavy atom. The normalized spacial score (nSPS) is 16.9. The van der Waals surface area contributed by atoms with Crippen LogP contribution in [0.4, 0.5) is 0 Å². The van der Waals surface area contributed by atoms with Crippen molar-refractivity contribution in [2.75, 3.05) is 33.0 Å². The van der Waals surface area contributed by atoms with Gasteiger partial charge in [-0.05, 0) is 44.9 Å². The van der Waals surface area contributed by atoms with Gasteiger partial charge in [0.2, 0.25) is 0 Å². The van der Waals surface area contributed by atoms with Crippen molar-refractivity contribution in [3.8, 4) is 0 Å². The Hall–Kier alpha value is -0.160. The highest BCUT2D eigenvalue weighted by atomic mass is 16.9. The van der Waals surface area contributed by atoms with Gasteiger partial charge >= 0.3 is 0 Å². The van der Waals surface area contributed by atoms with Crippen LogP contribution in [-0.2, 0) is 18.9 Å². The van der Waals surface area contributed by atoms with Crippen molar-refractivity contribution in [2.45, 2.75) is 130 Å². The van der Waals surface area contributed by atoms with Gasteiger partial charge in [-0.1, -0.05) is 79.6 Å². The Morgan fingerprint density at radius 1 is 0.677 bits per heavy atom. The predicted octanol–water partition coefficient (Wildman–Crippen LogP) is 7.88. The molecule has 0 aromatic rings. The summed E-state index contributed by atoms with van der Waals surface area (Å²) < 4.78 is 24.8. The second-order valence-corrected chi connectivity index (χ2v) is 9.64. The minimum absolute atomic E-state index is 0.290. The summed E-state index contributed by atoms with van der Waals surface area (Å²) in [4.78, 5) is 0. The lowest BCUT2D eigenvalue weighted by Gasteiger charge is -2.43. The van der Waals surface area contributed by atoms with E-state index in [4.69, 9.17) is 18.9 Å². The van der Waals surface area contributed by atoms with Crippen LogP contribution in [0.15, 0.2) is 0 Å². The molecular formula is C27H54O4. The lowest BCUT2D eigenvalue weighted by molar-refractivity contribution is -0.407. The van der Waals surface area contributed by atoms with Crippen molar-refractivity contribution >= 4 is 0 Å². The predicted molar refractivity (Wildman–Crippen MR) is 130 cm³/mol. The van der Waals surface area contributed by atoms with Gasteiger partial charge in [-0.25, -0.2) is 0 Å². The molecule has 186 valence electrons. The van der Waals surface area contributed by atoms with Gasteiger partial charge in [0.1, 0.15) is 0 Å². The fourth-order valence-corrected chi connectivity index (χ4v) is 4.52. The largest absolute Gasteiger partial charge is 0.380 e. The summed E-state index contributed by atoms with van der Waals surface area (Å²) in [6.07, 6.45) is 16.7. The van der Waals surface area contributed by atoms with E-state index in [1.54, 1.807) is 0 Å². The summed E-state index contributed by atoms with van der Waals surface area (Å²) >= 11 is 0. The van der Waals surface area contributed by atoms with Gasteiger partial charge < -0.3 is 18.9 Å². The fourth-order valence-electron chi connectivity index (χ4n) is 4.52. The van der Waals surface area contributed by atoms with E-state index in [0.29, 0.717) is 31.2 Å². The molecule has 0 aromatic heterocycles. The van der Waals surface area contributed by atoms with Gasteiger partial charge in [-0.3, -0.25) is 0 Å². The molecule has 0 aliphatic carbocycles. The molecule has 31 heavy (non-hydrogen) atoms. The molecule has 4 nitrogen and oxygen atoms in total. The molecule has 0 amide bonds. The lowest BCUT2D eigenvalue weighted by Crippen LogP contribution is -2.47. The molecule has 0 N–H and O–H groups in total. The molecule has 4 heteroatoms. The quantitative estimate of drug-likeness (QED) is 0.126. The van der Waals surface area contributed by atoms with Gasteiger partial charge in [-0.15, -0.1) is 0 Å². The van der Waals surface area contributed by atoms with Crippen molar-refractivity contribution < 1.29 is 18.9 Å². The average molecular weight is 443 g/mol. The van der Waals surface area contributed by atoms with Crippen molar-refractivity contribution in [1.82, 2.24) is 0 Å². The topological polar surface area (TPSA) is 36.9 Å². The molecule has 0 saturated carbocycles. The third kappa shape index (κ3) is 10.5. The molecule has 1 heterocycles. The lowest BCUT2D eigenvalue weighted by atomic mass is 9.77. The first-order chi connectivity index (χ1) is 15.1. The Morgan fingerprint density at radius 3 is 1.65 bits per heavy atom. The van der Waals surface area contributed by atoms with Crippen LogP contribution in [0.5, 0.6) is 0 Å². The SMILES string of the molecule is CCCCCCCCC(CCCC1(CC)COC1)C(OCCC)(OCCC)OCCC. The Bertz CT molecular complexity index is 381. The van der Waals surface area contributed by atoms with Crippen LogP contribution in [-0.4, -0.2) is 39.0 Å². The maximum Gasteiger partial charge on any atom is 0.285 e. The molecule has 1 fully saturated rings. The highest BCUT2D eigenvalue weighted by molar-refractivity contribution is 4.85. The molecule has 1 aliphatic heterocycles. The monoisotopic (exact) mass is 442 g/mol. The van der Waals surface area contributed by atoms with Crippen LogP contribution >= 0.6 is 0 Å². The molecular weight excluding hydrogens is 388 g/mol. The molecule has 1 aliphatic rings. The van der Waals surface area contributed by atoms with Crippen LogP contribution in [0.3, 0.4) is 0 Å². The maximum absolute atomic E-state index is 6.42. The van der Waals surface area contributed by atoms with Crippen LogP contribution in [0.2, 0.25) is 0 Å². The van der Waals surface area contributed by atoms with E-state index in [9.17, 15) is 0 Å². The zero-order valence-electron chi connectivity index (χ0n) is 21.6. The van der Waals surface area contributed by atoms with Crippen LogP contribution < -0.4 is 0 Å². The molecule has 0 radical (unpaired) electrons. The summed E-state index contributed by atoms with van der Waals surface area (Å²) in [5.41, 5.74) is 0.409. The van der Waals surface area contributed by atoms with E-state index in [-0.39, 0.29) is 0 Å². The van der Waals surface area contributed by atoms with Crippen LogP contribution in [0.25, 0.3) is 0 Å². The highest BCUT2D eigenvalue weighted by Gasteiger charge is 2.43. The van der Waals surface area contributed by atoms with Crippen molar-refractivity contribution in [1.29, 1.82) is 0 Å². The summed E-state index contributed by atoms with van der Waals surface area (Å²) in [6.45, 7) is 15.0. The van der Waals surface area contributed by atoms with Crippen molar-refractivity contribution in [3.63, 3.8) is 0 Å². The molecule has 0 bridgehead atoms. The number of ether oxygens (including phenoxy) is 4. The first-order valence-corrected chi connectivity index (χ1v) is 13.6. The minimum atomic E-state index is -0.874. The molecule has 0 aromatic carbocycles. The Labute approximate surface area is 194 Å². The number of rotatable bonds is 22. The number of hydrogen-bond donors (Lipinski definition) is 0. The fraction of sp³-hybridized carbons (Fsp3) is 1.00. The van der Waals surface area contributed by atoms with E-state index < -0.39 is 5.97 Å². The van der Waals surface area contributed by atoms with Crippen LogP contribution in [0, 0.1) is 11.3 Å². The number of hydrogen-bond acceptors (Lipinski definition) is 4. The molecule has 1 rings (SSSR count). The summed E-state index contributed by atoms with van der Waals surface area (Å²) in [5, 5.41) is 0. The maximum atomic E-state index is 6.42. The summed E-state index contributed by atoms with van der Waals surface area (Å²) in [7, 11) is 0. The Kier molecular flexibility index (Phi) is 16.1. The van der Waals surface area contributed by atoms with E-state index >= 15 is 0 Å². The first-order valence-electron chi connectivity index (χ1n) is 13.6. The van der Waals surface area contributed by atoms with E-state index in [1.807, 2.05) is 0 Å². The van der Waals surface area contributed by atoms with Gasteiger partial charge in [0, 0.05) is 11.3 Å². The average Bonchev–Trinajstić information content (AvgIpc) is 2.76. The van der Waals surface area contributed by atoms with Gasteiger partial charge in [-0.2, -0.15) is 0 Å². The van der Waals surface area contributed by atoms with Crippen LogP contribution in [0.1, 0.15) is 125 Å². The molecule has 1 saturated heterocycles. The van der Waals surface area contributed by atoms with Gasteiger partial charge in [0.15, 0.2) is 0 Å². The zero-order valence-corrected chi connectivity index (χ0v) is 21.6. The zero-order chi connectivity index (χ0) is 22.8. The second-order valence-electron chi connectivity index (χ2n) is 9.64. The van der Waals surface area contributed by atoms with E-state index in [2.05, 4.69) is 34.6 Å². The van der Waals surface area contributed by atoms with E-state index in [0.717, 1.165) is 45.3 Å². The van der Waals surface area contributed by atoms with Crippen molar-refractivity contribution in [2.24, 2.45) is 11.3 Å². The molecule has 1 unspecified atom stereocenters. The first kappa shape index (κ1) is 28.9. The van der Waals surface area contributed by atoms with Gasteiger partial charge in [0.05, 0.1) is 33.0 Å². The third-order valence-corrected chi connectivity index (χ3v) is 6.75. The summed E-state index contributed by atoms with van der Waals surface area (Å²) in [6, 6.07) is 0. The third-order valence-electron chi connectivity index (χ3n) is 6.75. The minimum Gasteiger partial charge on any atom is -0.380 e. The second kappa shape index (κ2) is 17.3. The number of unbranched alkanes of at least 4 members (excludes halogenated alkanes) is 5. The molecule has 1 atom stereocenters. The summed E-state index contributed by atoms with van der Waals surface area (Å²) in [5.74, 6) is -0.584. The standard InChI is InChI=1S/C27H54O4/c1-6-11-12-13-14-15-17-25(18-16-19-26(10-5)23-28-24-26)27(29-20-7-2,30-21-8-3)31-22-9-4/h25H,6-24H2,1-5H3.